The Hall–Kier alpha value is -2.70. The van der Waals surface area contributed by atoms with Gasteiger partial charge in [0.15, 0.2) is 0 Å². The fourth-order valence-corrected chi connectivity index (χ4v) is 1.91. The van der Waals surface area contributed by atoms with Crippen LogP contribution in [0.25, 0.3) is 0 Å². The summed E-state index contributed by atoms with van der Waals surface area (Å²) in [5.41, 5.74) is 6.22. The Morgan fingerprint density at radius 3 is 2.48 bits per heavy atom. The van der Waals surface area contributed by atoms with Crippen molar-refractivity contribution in [2.75, 3.05) is 17.6 Å². The Labute approximate surface area is 119 Å². The summed E-state index contributed by atoms with van der Waals surface area (Å²) in [6.45, 7) is 0.299. The van der Waals surface area contributed by atoms with Gasteiger partial charge >= 0.3 is 5.69 Å². The second kappa shape index (κ2) is 6.17. The zero-order chi connectivity index (χ0) is 15.4. The van der Waals surface area contributed by atoms with E-state index < -0.39 is 22.2 Å². The third-order valence-corrected chi connectivity index (χ3v) is 2.92. The minimum atomic E-state index is -1.20. The van der Waals surface area contributed by atoms with Crippen LogP contribution in [0.1, 0.15) is 5.56 Å². The maximum Gasteiger partial charge on any atom is 0.327 e. The maximum absolute atomic E-state index is 13.4. The molecule has 0 spiro atoms. The van der Waals surface area contributed by atoms with Gasteiger partial charge < -0.3 is 11.1 Å². The van der Waals surface area contributed by atoms with E-state index in [4.69, 9.17) is 5.73 Å². The fraction of sp³-hybridized carbons (Fsp3) is 0.143. The summed E-state index contributed by atoms with van der Waals surface area (Å²) < 4.78 is 26.6. The first kappa shape index (κ1) is 14.7. The Kier molecular flexibility index (Phi) is 4.32. The zero-order valence-electron chi connectivity index (χ0n) is 11.0. The van der Waals surface area contributed by atoms with Gasteiger partial charge in [-0.2, -0.15) is 4.39 Å². The molecule has 0 radical (unpaired) electrons. The molecule has 0 aliphatic carbocycles. The molecule has 3 N–H and O–H groups in total. The standard InChI is InChI=1S/C14H13F2N3O2/c15-10-7-12(16)14(19(20)21)13(8-10)18-6-5-9-1-3-11(17)4-2-9/h1-4,7-8,18H,5-6,17H2. The summed E-state index contributed by atoms with van der Waals surface area (Å²) in [4.78, 5) is 9.94. The van der Waals surface area contributed by atoms with Crippen LogP contribution in [0.3, 0.4) is 0 Å². The summed E-state index contributed by atoms with van der Waals surface area (Å²) in [6, 6.07) is 8.50. The van der Waals surface area contributed by atoms with Crippen molar-refractivity contribution in [3.63, 3.8) is 0 Å². The van der Waals surface area contributed by atoms with Crippen LogP contribution < -0.4 is 11.1 Å². The predicted octanol–water partition coefficient (Wildman–Crippen LogP) is 3.11. The van der Waals surface area contributed by atoms with Crippen LogP contribution in [0, 0.1) is 21.7 Å². The number of halogens is 2. The molecule has 2 aromatic carbocycles. The average molecular weight is 293 g/mol. The normalized spacial score (nSPS) is 10.4. The molecule has 110 valence electrons. The number of hydrogen-bond donors (Lipinski definition) is 2. The summed E-state index contributed by atoms with van der Waals surface area (Å²) in [5.74, 6) is -2.07. The number of anilines is 2. The smallest absolute Gasteiger partial charge is 0.327 e. The molecule has 0 heterocycles. The van der Waals surface area contributed by atoms with Gasteiger partial charge in [0.2, 0.25) is 5.82 Å². The lowest BCUT2D eigenvalue weighted by Crippen LogP contribution is -2.08. The first-order valence-corrected chi connectivity index (χ1v) is 6.19. The van der Waals surface area contributed by atoms with E-state index in [0.29, 0.717) is 24.7 Å². The van der Waals surface area contributed by atoms with E-state index in [2.05, 4.69) is 5.32 Å². The molecule has 2 aromatic rings. The minimum Gasteiger partial charge on any atom is -0.399 e. The van der Waals surface area contributed by atoms with E-state index in [0.717, 1.165) is 11.6 Å². The van der Waals surface area contributed by atoms with Crippen LogP contribution in [0.5, 0.6) is 0 Å². The van der Waals surface area contributed by atoms with E-state index in [9.17, 15) is 18.9 Å². The quantitative estimate of drug-likeness (QED) is 0.504. The molecular weight excluding hydrogens is 280 g/mol. The van der Waals surface area contributed by atoms with E-state index >= 15 is 0 Å². The highest BCUT2D eigenvalue weighted by atomic mass is 19.1. The van der Waals surface area contributed by atoms with Gasteiger partial charge in [-0.05, 0) is 24.1 Å². The Morgan fingerprint density at radius 2 is 1.86 bits per heavy atom. The summed E-state index contributed by atoms with van der Waals surface area (Å²) in [5, 5.41) is 13.5. The first-order valence-electron chi connectivity index (χ1n) is 6.19. The van der Waals surface area contributed by atoms with E-state index in [1.807, 2.05) is 12.1 Å². The molecule has 21 heavy (non-hydrogen) atoms. The molecular formula is C14H13F2N3O2. The van der Waals surface area contributed by atoms with Gasteiger partial charge in [0, 0.05) is 24.4 Å². The number of nitro benzene ring substituents is 1. The number of rotatable bonds is 5. The molecule has 0 fully saturated rings. The van der Waals surface area contributed by atoms with E-state index in [1.54, 1.807) is 12.1 Å². The fourth-order valence-electron chi connectivity index (χ4n) is 1.91. The molecule has 0 atom stereocenters. The van der Waals surface area contributed by atoms with Crippen molar-refractivity contribution < 1.29 is 13.7 Å². The molecule has 0 bridgehead atoms. The van der Waals surface area contributed by atoms with Crippen LogP contribution in [-0.4, -0.2) is 11.5 Å². The maximum atomic E-state index is 13.4. The van der Waals surface area contributed by atoms with Crippen LogP contribution in [0.2, 0.25) is 0 Å². The number of benzene rings is 2. The topological polar surface area (TPSA) is 81.2 Å². The molecule has 2 rings (SSSR count). The van der Waals surface area contributed by atoms with Gasteiger partial charge in [0.05, 0.1) is 4.92 Å². The Bertz CT molecular complexity index is 660. The predicted molar refractivity (Wildman–Crippen MR) is 76.1 cm³/mol. The number of nitrogens with two attached hydrogens (primary N) is 1. The van der Waals surface area contributed by atoms with Gasteiger partial charge in [-0.1, -0.05) is 12.1 Å². The monoisotopic (exact) mass is 293 g/mol. The summed E-state index contributed by atoms with van der Waals surface area (Å²) in [7, 11) is 0. The largest absolute Gasteiger partial charge is 0.399 e. The number of nitrogen functional groups attached to an aromatic ring is 1. The van der Waals surface area contributed by atoms with Gasteiger partial charge in [0.25, 0.3) is 0 Å². The summed E-state index contributed by atoms with van der Waals surface area (Å²) in [6.07, 6.45) is 0.537. The molecule has 0 aliphatic heterocycles. The second-order valence-corrected chi connectivity index (χ2v) is 4.46. The van der Waals surface area contributed by atoms with Crippen molar-refractivity contribution >= 4 is 17.1 Å². The Morgan fingerprint density at radius 1 is 1.19 bits per heavy atom. The third kappa shape index (κ3) is 3.65. The highest BCUT2D eigenvalue weighted by Crippen LogP contribution is 2.28. The van der Waals surface area contributed by atoms with Gasteiger partial charge in [0.1, 0.15) is 11.5 Å². The van der Waals surface area contributed by atoms with Gasteiger partial charge in [-0.15, -0.1) is 0 Å². The lowest BCUT2D eigenvalue weighted by atomic mass is 10.1. The summed E-state index contributed by atoms with van der Waals surface area (Å²) >= 11 is 0. The molecule has 0 unspecified atom stereocenters. The van der Waals surface area contributed by atoms with Crippen molar-refractivity contribution in [1.82, 2.24) is 0 Å². The van der Waals surface area contributed by atoms with Crippen molar-refractivity contribution in [2.45, 2.75) is 6.42 Å². The molecule has 7 heteroatoms. The minimum absolute atomic E-state index is 0.173. The SMILES string of the molecule is Nc1ccc(CCNc2cc(F)cc(F)c2[N+](=O)[O-])cc1. The Balaban J connectivity index is 2.09. The molecule has 0 amide bonds. The van der Waals surface area contributed by atoms with Gasteiger partial charge in [-0.25, -0.2) is 4.39 Å². The van der Waals surface area contributed by atoms with Crippen molar-refractivity contribution in [2.24, 2.45) is 0 Å². The molecule has 0 aliphatic rings. The number of hydrogen-bond acceptors (Lipinski definition) is 4. The lowest BCUT2D eigenvalue weighted by Gasteiger charge is -2.08. The number of nitrogens with one attached hydrogen (secondary N) is 1. The van der Waals surface area contributed by atoms with Crippen molar-refractivity contribution in [3.8, 4) is 0 Å². The van der Waals surface area contributed by atoms with Crippen LogP contribution >= 0.6 is 0 Å². The first-order chi connectivity index (χ1) is 9.97. The highest BCUT2D eigenvalue weighted by molar-refractivity contribution is 5.62. The number of nitrogens with zero attached hydrogens (tertiary/aromatic N) is 1. The third-order valence-electron chi connectivity index (χ3n) is 2.92. The molecule has 0 saturated heterocycles. The highest BCUT2D eigenvalue weighted by Gasteiger charge is 2.21. The number of nitro groups is 1. The lowest BCUT2D eigenvalue weighted by molar-refractivity contribution is -0.386. The average Bonchev–Trinajstić information content (AvgIpc) is 2.39. The van der Waals surface area contributed by atoms with Crippen molar-refractivity contribution in [1.29, 1.82) is 0 Å². The van der Waals surface area contributed by atoms with E-state index in [1.165, 1.54) is 0 Å². The van der Waals surface area contributed by atoms with Crippen molar-refractivity contribution in [3.05, 3.63) is 63.7 Å². The van der Waals surface area contributed by atoms with E-state index in [-0.39, 0.29) is 5.69 Å². The van der Waals surface area contributed by atoms with Crippen LogP contribution in [0.4, 0.5) is 25.8 Å². The van der Waals surface area contributed by atoms with Crippen LogP contribution in [0.15, 0.2) is 36.4 Å². The molecule has 0 saturated carbocycles. The molecule has 5 nitrogen and oxygen atoms in total. The van der Waals surface area contributed by atoms with Gasteiger partial charge in [-0.3, -0.25) is 10.1 Å². The second-order valence-electron chi connectivity index (χ2n) is 4.46. The molecule has 0 aromatic heterocycles. The zero-order valence-corrected chi connectivity index (χ0v) is 11.0. The van der Waals surface area contributed by atoms with Crippen LogP contribution in [-0.2, 0) is 6.42 Å².